The van der Waals surface area contributed by atoms with Gasteiger partial charge >= 0.3 is 0 Å². The molecule has 0 fully saturated rings. The highest BCUT2D eigenvalue weighted by Gasteiger charge is 2.18. The molecule has 0 aliphatic heterocycles. The van der Waals surface area contributed by atoms with Crippen molar-refractivity contribution < 1.29 is 9.53 Å². The van der Waals surface area contributed by atoms with E-state index in [1.165, 1.54) is 0 Å². The Morgan fingerprint density at radius 3 is 2.23 bits per heavy atom. The SMILES string of the molecule is COc1ccc(-c2sc3cc(-c4ccccc4)ccc3c2C(N)=O)cc1. The third-order valence-electron chi connectivity index (χ3n) is 4.40. The third kappa shape index (κ3) is 2.85. The molecule has 0 aliphatic rings. The van der Waals surface area contributed by atoms with Crippen molar-refractivity contribution in [2.75, 3.05) is 7.11 Å². The molecule has 4 rings (SSSR count). The summed E-state index contributed by atoms with van der Waals surface area (Å²) in [6.07, 6.45) is 0. The Labute approximate surface area is 155 Å². The summed E-state index contributed by atoms with van der Waals surface area (Å²) in [7, 11) is 1.63. The Balaban J connectivity index is 1.89. The van der Waals surface area contributed by atoms with E-state index in [1.54, 1.807) is 18.4 Å². The van der Waals surface area contributed by atoms with Crippen LogP contribution in [0.2, 0.25) is 0 Å². The first-order valence-electron chi connectivity index (χ1n) is 8.23. The van der Waals surface area contributed by atoms with Gasteiger partial charge in [0.15, 0.2) is 0 Å². The molecule has 0 radical (unpaired) electrons. The highest BCUT2D eigenvalue weighted by Crippen LogP contribution is 2.40. The third-order valence-corrected chi connectivity index (χ3v) is 5.60. The van der Waals surface area contributed by atoms with Crippen LogP contribution >= 0.6 is 11.3 Å². The van der Waals surface area contributed by atoms with Gasteiger partial charge in [-0.05, 0) is 47.0 Å². The minimum atomic E-state index is -0.408. The van der Waals surface area contributed by atoms with Gasteiger partial charge in [-0.2, -0.15) is 0 Å². The van der Waals surface area contributed by atoms with E-state index in [0.717, 1.165) is 37.4 Å². The number of rotatable bonds is 4. The summed E-state index contributed by atoms with van der Waals surface area (Å²) in [6, 6.07) is 24.0. The molecule has 0 saturated carbocycles. The minimum absolute atomic E-state index is 0.408. The van der Waals surface area contributed by atoms with Crippen LogP contribution in [0.25, 0.3) is 31.7 Å². The fourth-order valence-electron chi connectivity index (χ4n) is 3.10. The van der Waals surface area contributed by atoms with Crippen LogP contribution in [0, 0.1) is 0 Å². The number of carbonyl (C=O) groups is 1. The summed E-state index contributed by atoms with van der Waals surface area (Å²) in [5.74, 6) is 0.372. The molecule has 4 heteroatoms. The van der Waals surface area contributed by atoms with Crippen LogP contribution in [0.5, 0.6) is 5.75 Å². The number of methoxy groups -OCH3 is 1. The molecule has 0 unspecified atom stereocenters. The van der Waals surface area contributed by atoms with E-state index in [0.29, 0.717) is 5.56 Å². The van der Waals surface area contributed by atoms with E-state index in [2.05, 4.69) is 18.2 Å². The lowest BCUT2D eigenvalue weighted by Crippen LogP contribution is -2.11. The summed E-state index contributed by atoms with van der Waals surface area (Å²) in [5.41, 5.74) is 9.52. The quantitative estimate of drug-likeness (QED) is 0.534. The number of ether oxygens (including phenoxy) is 1. The highest BCUT2D eigenvalue weighted by atomic mass is 32.1. The summed E-state index contributed by atoms with van der Waals surface area (Å²) < 4.78 is 6.27. The number of carbonyl (C=O) groups excluding carboxylic acids is 1. The Morgan fingerprint density at radius 1 is 0.885 bits per heavy atom. The minimum Gasteiger partial charge on any atom is -0.497 e. The Kier molecular flexibility index (Phi) is 4.19. The summed E-state index contributed by atoms with van der Waals surface area (Å²) in [4.78, 5) is 13.0. The molecule has 0 bridgehead atoms. The largest absolute Gasteiger partial charge is 0.497 e. The van der Waals surface area contributed by atoms with Gasteiger partial charge in [0.1, 0.15) is 5.75 Å². The predicted molar refractivity (Wildman–Crippen MR) is 108 cm³/mol. The monoisotopic (exact) mass is 359 g/mol. The van der Waals surface area contributed by atoms with Crippen LogP contribution in [0.15, 0.2) is 72.8 Å². The van der Waals surface area contributed by atoms with Crippen molar-refractivity contribution in [3.63, 3.8) is 0 Å². The zero-order valence-electron chi connectivity index (χ0n) is 14.2. The first-order valence-corrected chi connectivity index (χ1v) is 9.05. The van der Waals surface area contributed by atoms with E-state index in [9.17, 15) is 4.79 Å². The normalized spacial score (nSPS) is 10.8. The number of benzene rings is 3. The molecule has 4 aromatic rings. The Hall–Kier alpha value is -3.11. The molecule has 0 aliphatic carbocycles. The van der Waals surface area contributed by atoms with Crippen LogP contribution in [-0.2, 0) is 0 Å². The second kappa shape index (κ2) is 6.65. The van der Waals surface area contributed by atoms with Crippen LogP contribution in [0.1, 0.15) is 10.4 Å². The van der Waals surface area contributed by atoms with E-state index >= 15 is 0 Å². The zero-order chi connectivity index (χ0) is 18.1. The number of fused-ring (bicyclic) bond motifs is 1. The summed E-state index contributed by atoms with van der Waals surface area (Å²) in [5, 5.41) is 0.896. The second-order valence-corrected chi connectivity index (χ2v) is 7.03. The van der Waals surface area contributed by atoms with Crippen molar-refractivity contribution >= 4 is 27.3 Å². The number of hydrogen-bond donors (Lipinski definition) is 1. The fraction of sp³-hybridized carbons (Fsp3) is 0.0455. The average molecular weight is 359 g/mol. The number of hydrogen-bond acceptors (Lipinski definition) is 3. The molecular formula is C22H17NO2S. The lowest BCUT2D eigenvalue weighted by atomic mass is 10.0. The van der Waals surface area contributed by atoms with Crippen LogP contribution in [-0.4, -0.2) is 13.0 Å². The molecule has 3 aromatic carbocycles. The molecule has 0 spiro atoms. The van der Waals surface area contributed by atoms with E-state index in [1.807, 2.05) is 54.6 Å². The Bertz CT molecular complexity index is 1080. The number of thiophene rings is 1. The topological polar surface area (TPSA) is 52.3 Å². The van der Waals surface area contributed by atoms with Gasteiger partial charge in [0.2, 0.25) is 0 Å². The number of nitrogens with two attached hydrogens (primary N) is 1. The Morgan fingerprint density at radius 2 is 1.58 bits per heavy atom. The van der Waals surface area contributed by atoms with Gasteiger partial charge in [0.05, 0.1) is 12.7 Å². The highest BCUT2D eigenvalue weighted by molar-refractivity contribution is 7.22. The van der Waals surface area contributed by atoms with E-state index in [4.69, 9.17) is 10.5 Å². The first-order chi connectivity index (χ1) is 12.7. The van der Waals surface area contributed by atoms with Crippen molar-refractivity contribution in [1.82, 2.24) is 0 Å². The maximum atomic E-state index is 12.2. The average Bonchev–Trinajstić information content (AvgIpc) is 3.07. The second-order valence-electron chi connectivity index (χ2n) is 5.98. The standard InChI is InChI=1S/C22H17NO2S/c1-25-17-10-7-15(8-11-17)21-20(22(23)24)18-12-9-16(13-19(18)26-21)14-5-3-2-4-6-14/h2-13H,1H3,(H2,23,24). The lowest BCUT2D eigenvalue weighted by molar-refractivity contribution is 0.100. The maximum Gasteiger partial charge on any atom is 0.250 e. The van der Waals surface area contributed by atoms with Crippen molar-refractivity contribution in [3.8, 4) is 27.3 Å². The fourth-order valence-corrected chi connectivity index (χ4v) is 4.35. The van der Waals surface area contributed by atoms with Gasteiger partial charge < -0.3 is 10.5 Å². The molecule has 0 atom stereocenters. The van der Waals surface area contributed by atoms with Gasteiger partial charge in [-0.1, -0.05) is 42.5 Å². The van der Waals surface area contributed by atoms with Crippen LogP contribution < -0.4 is 10.5 Å². The molecule has 2 N–H and O–H groups in total. The van der Waals surface area contributed by atoms with Gasteiger partial charge in [-0.25, -0.2) is 0 Å². The number of amides is 1. The van der Waals surface area contributed by atoms with Gasteiger partial charge in [0.25, 0.3) is 5.91 Å². The first kappa shape index (κ1) is 16.4. The van der Waals surface area contributed by atoms with Gasteiger partial charge in [0, 0.05) is 15.0 Å². The van der Waals surface area contributed by atoms with Crippen LogP contribution in [0.4, 0.5) is 0 Å². The van der Waals surface area contributed by atoms with Crippen molar-refractivity contribution in [2.45, 2.75) is 0 Å². The zero-order valence-corrected chi connectivity index (χ0v) is 15.0. The van der Waals surface area contributed by atoms with Crippen molar-refractivity contribution in [2.24, 2.45) is 5.73 Å². The summed E-state index contributed by atoms with van der Waals surface area (Å²) in [6.45, 7) is 0. The lowest BCUT2D eigenvalue weighted by Gasteiger charge is -2.04. The van der Waals surface area contributed by atoms with Gasteiger partial charge in [-0.3, -0.25) is 4.79 Å². The number of primary amides is 1. The molecule has 26 heavy (non-hydrogen) atoms. The summed E-state index contributed by atoms with van der Waals surface area (Å²) >= 11 is 1.59. The van der Waals surface area contributed by atoms with Crippen molar-refractivity contribution in [1.29, 1.82) is 0 Å². The molecule has 1 heterocycles. The smallest absolute Gasteiger partial charge is 0.250 e. The molecule has 0 saturated heterocycles. The van der Waals surface area contributed by atoms with E-state index < -0.39 is 5.91 Å². The molecule has 3 nitrogen and oxygen atoms in total. The molecular weight excluding hydrogens is 342 g/mol. The van der Waals surface area contributed by atoms with Gasteiger partial charge in [-0.15, -0.1) is 11.3 Å². The molecule has 128 valence electrons. The predicted octanol–water partition coefficient (Wildman–Crippen LogP) is 5.34. The molecule has 1 amide bonds. The van der Waals surface area contributed by atoms with E-state index in [-0.39, 0.29) is 0 Å². The van der Waals surface area contributed by atoms with Crippen molar-refractivity contribution in [3.05, 3.63) is 78.4 Å². The maximum absolute atomic E-state index is 12.2. The van der Waals surface area contributed by atoms with Crippen LogP contribution in [0.3, 0.4) is 0 Å². The molecule has 1 aromatic heterocycles.